The number of unbranched alkanes of at least 4 members (excludes halogenated alkanes) is 1. The zero-order chi connectivity index (χ0) is 64.3. The second kappa shape index (κ2) is 39.2. The molecule has 0 saturated heterocycles. The van der Waals surface area contributed by atoms with Gasteiger partial charge in [0, 0.05) is 19.3 Å². The summed E-state index contributed by atoms with van der Waals surface area (Å²) in [5.41, 5.74) is 16.6. The lowest BCUT2D eigenvalue weighted by molar-refractivity contribution is -0.141. The summed E-state index contributed by atoms with van der Waals surface area (Å²) in [7, 11) is 0. The van der Waals surface area contributed by atoms with Crippen LogP contribution in [0.2, 0.25) is 0 Å². The van der Waals surface area contributed by atoms with E-state index in [0.717, 1.165) is 0 Å². The first-order valence-electron chi connectivity index (χ1n) is 26.8. The molecule has 0 heterocycles. The van der Waals surface area contributed by atoms with E-state index in [1.807, 2.05) is 0 Å². The molecule has 85 heavy (non-hydrogen) atoms. The molecule has 0 aliphatic rings. The van der Waals surface area contributed by atoms with Crippen LogP contribution in [0.5, 0.6) is 0 Å². The maximum atomic E-state index is 13.9. The van der Waals surface area contributed by atoms with E-state index >= 15 is 0 Å². The lowest BCUT2D eigenvalue weighted by Crippen LogP contribution is -2.59. The molecule has 1 aromatic carbocycles. The number of nitrogens with two attached hydrogens (primary N) is 3. The third kappa shape index (κ3) is 31.6. The molecule has 34 nitrogen and oxygen atoms in total. The van der Waals surface area contributed by atoms with Gasteiger partial charge in [0.05, 0.1) is 32.6 Å². The number of primary amides is 1. The Kier molecular flexibility index (Phi) is 34.0. The molecule has 0 spiro atoms. The number of aliphatic carboxylic acids is 3. The average molecular weight is 1210 g/mol. The summed E-state index contributed by atoms with van der Waals surface area (Å²) >= 11 is 0. The number of carbonyl (C=O) groups excluding carboxylic acids is 13. The van der Waals surface area contributed by atoms with Crippen LogP contribution in [0.4, 0.5) is 0 Å². The highest BCUT2D eigenvalue weighted by Gasteiger charge is 2.34. The first kappa shape index (κ1) is 73.7. The average Bonchev–Trinajstić information content (AvgIpc) is 3.54. The fraction of sp³-hybridized carbons (Fsp3) is 0.569. The topological polar surface area (TPSA) is 556 Å². The number of rotatable bonds is 41. The fourth-order valence-corrected chi connectivity index (χ4v) is 7.47. The van der Waals surface area contributed by atoms with E-state index in [9.17, 15) is 86.9 Å². The summed E-state index contributed by atoms with van der Waals surface area (Å²) in [5, 5.41) is 55.7. The van der Waals surface area contributed by atoms with Crippen molar-refractivity contribution in [3.63, 3.8) is 0 Å². The molecular weight excluding hydrogens is 1130 g/mol. The standard InChI is InChI=1S/C51H79N15O19/c1-26(2)18-33(46(80)58-25-43(76)77)65-49(83)31(13-15-36(54)67)62-45(79)28(4)59-39(70)23-56-38(69)22-57-44(78)27(3)60-47(81)30(12-8-9-17-52)63-48(82)32(14-16-41(72)73)64-51(85)35(20-42(74)75)66-50(84)34(19-29-10-6-5-7-11-29)61-40(71)24-55-37(68)21-53/h5-7,10-11,26-28,30-35H,8-9,12-25,52-53H2,1-4H3,(H2,54,67)(H,55,68)(H,56,69)(H,57,78)(H,58,80)(H,59,70)(H,60,81)(H,61,71)(H,62,79)(H,63,82)(H,64,85)(H,65,83)(H,66,84)(H,72,73)(H,74,75)(H,76,77)/t27-,28-,30-,31-,32-,33-,34-,35-/m0/s1. The van der Waals surface area contributed by atoms with Crippen molar-refractivity contribution in [3.8, 4) is 0 Å². The lowest BCUT2D eigenvalue weighted by atomic mass is 10.0. The Morgan fingerprint density at radius 1 is 0.424 bits per heavy atom. The minimum atomic E-state index is -1.94. The zero-order valence-corrected chi connectivity index (χ0v) is 47.5. The largest absolute Gasteiger partial charge is 0.481 e. The SMILES string of the molecule is CC(C)C[C@H](NC(=O)[C@H](CCC(N)=O)NC(=O)[C@H](C)NC(=O)CNC(=O)CNC(=O)[C@H](C)NC(=O)[C@H](CCCCN)NC(=O)[C@H](CCC(=O)O)NC(=O)[C@H](CC(=O)O)NC(=O)[C@H](Cc1ccccc1)NC(=O)CNC(=O)CN)C(=O)NCC(=O)O. The number of hydrogen-bond acceptors (Lipinski definition) is 18. The quantitative estimate of drug-likeness (QED) is 0.0271. The molecule has 34 heteroatoms. The Bertz CT molecular complexity index is 2540. The normalized spacial score (nSPS) is 13.5. The number of carboxylic acid groups (broad SMARTS) is 3. The van der Waals surface area contributed by atoms with Gasteiger partial charge in [0.25, 0.3) is 0 Å². The molecule has 0 aromatic heterocycles. The van der Waals surface area contributed by atoms with Gasteiger partial charge in [-0.25, -0.2) is 0 Å². The molecule has 8 atom stereocenters. The summed E-state index contributed by atoms with van der Waals surface area (Å²) in [6.45, 7) is 2.75. The Morgan fingerprint density at radius 2 is 0.894 bits per heavy atom. The third-order valence-corrected chi connectivity index (χ3v) is 11.9. The molecular formula is C51H79N15O19. The number of hydrogen-bond donors (Lipinski definition) is 18. The highest BCUT2D eigenvalue weighted by atomic mass is 16.4. The van der Waals surface area contributed by atoms with E-state index in [2.05, 4.69) is 63.8 Å². The molecule has 1 rings (SSSR count). The molecule has 0 bridgehead atoms. The third-order valence-electron chi connectivity index (χ3n) is 11.9. The van der Waals surface area contributed by atoms with Gasteiger partial charge < -0.3 is 96.3 Å². The minimum Gasteiger partial charge on any atom is -0.481 e. The first-order chi connectivity index (χ1) is 40.0. The van der Waals surface area contributed by atoms with Crippen LogP contribution < -0.4 is 81.0 Å². The number of benzene rings is 1. The summed E-state index contributed by atoms with van der Waals surface area (Å²) < 4.78 is 0. The number of amides is 13. The Hall–Kier alpha value is -9.34. The van der Waals surface area contributed by atoms with E-state index in [-0.39, 0.29) is 51.0 Å². The summed E-state index contributed by atoms with van der Waals surface area (Å²) in [6, 6.07) is -3.99. The summed E-state index contributed by atoms with van der Waals surface area (Å²) in [6.07, 6.45) is -2.88. The van der Waals surface area contributed by atoms with E-state index in [1.165, 1.54) is 13.8 Å². The van der Waals surface area contributed by atoms with Crippen molar-refractivity contribution in [1.82, 2.24) is 63.8 Å². The molecule has 0 fully saturated rings. The Labute approximate surface area is 487 Å². The van der Waals surface area contributed by atoms with Crippen LogP contribution in [0, 0.1) is 5.92 Å². The zero-order valence-electron chi connectivity index (χ0n) is 47.5. The number of carbonyl (C=O) groups is 16. The molecule has 0 unspecified atom stereocenters. The van der Waals surface area contributed by atoms with Crippen molar-refractivity contribution in [2.75, 3.05) is 39.3 Å². The molecule has 0 aliphatic heterocycles. The van der Waals surface area contributed by atoms with E-state index in [4.69, 9.17) is 22.3 Å². The predicted molar refractivity (Wildman–Crippen MR) is 296 cm³/mol. The van der Waals surface area contributed by atoms with Crippen molar-refractivity contribution in [1.29, 1.82) is 0 Å². The maximum absolute atomic E-state index is 13.9. The van der Waals surface area contributed by atoms with Crippen LogP contribution in [0.1, 0.15) is 91.0 Å². The van der Waals surface area contributed by atoms with Crippen molar-refractivity contribution in [2.45, 2.75) is 140 Å². The van der Waals surface area contributed by atoms with E-state index in [1.54, 1.807) is 44.2 Å². The van der Waals surface area contributed by atoms with Gasteiger partial charge in [-0.3, -0.25) is 76.7 Å². The Balaban J connectivity index is 3.08. The summed E-state index contributed by atoms with van der Waals surface area (Å²) in [4.78, 5) is 203. The highest BCUT2D eigenvalue weighted by molar-refractivity contribution is 5.99. The highest BCUT2D eigenvalue weighted by Crippen LogP contribution is 2.10. The van der Waals surface area contributed by atoms with Gasteiger partial charge in [-0.1, -0.05) is 44.2 Å². The smallest absolute Gasteiger partial charge is 0.322 e. The maximum Gasteiger partial charge on any atom is 0.322 e. The molecule has 0 saturated carbocycles. The van der Waals surface area contributed by atoms with Crippen molar-refractivity contribution >= 4 is 94.7 Å². The van der Waals surface area contributed by atoms with Crippen LogP contribution in [-0.4, -0.2) is 198 Å². The van der Waals surface area contributed by atoms with Crippen LogP contribution in [0.15, 0.2) is 30.3 Å². The van der Waals surface area contributed by atoms with Crippen LogP contribution in [0.25, 0.3) is 0 Å². The molecule has 0 aliphatic carbocycles. The summed E-state index contributed by atoms with van der Waals surface area (Å²) in [5.74, 6) is -16.9. The Morgan fingerprint density at radius 3 is 1.44 bits per heavy atom. The predicted octanol–water partition coefficient (Wildman–Crippen LogP) is -7.56. The second-order valence-electron chi connectivity index (χ2n) is 19.7. The van der Waals surface area contributed by atoms with Gasteiger partial charge in [-0.05, 0) is 70.4 Å². The molecule has 21 N–H and O–H groups in total. The van der Waals surface area contributed by atoms with Crippen LogP contribution >= 0.6 is 0 Å². The van der Waals surface area contributed by atoms with Crippen LogP contribution in [-0.2, 0) is 83.1 Å². The molecule has 472 valence electrons. The number of carboxylic acids is 3. The number of nitrogens with one attached hydrogen (secondary N) is 12. The van der Waals surface area contributed by atoms with E-state index < -0.39 is 195 Å². The van der Waals surface area contributed by atoms with Crippen LogP contribution in [0.3, 0.4) is 0 Å². The van der Waals surface area contributed by atoms with Gasteiger partial charge in [0.15, 0.2) is 0 Å². The monoisotopic (exact) mass is 1210 g/mol. The fourth-order valence-electron chi connectivity index (χ4n) is 7.47. The first-order valence-corrected chi connectivity index (χ1v) is 26.8. The minimum absolute atomic E-state index is 0.0672. The molecule has 1 aromatic rings. The van der Waals surface area contributed by atoms with Gasteiger partial charge in [-0.2, -0.15) is 0 Å². The molecule has 13 amide bonds. The second-order valence-corrected chi connectivity index (χ2v) is 19.7. The van der Waals surface area contributed by atoms with Gasteiger partial charge in [0.2, 0.25) is 76.8 Å². The van der Waals surface area contributed by atoms with Gasteiger partial charge in [0.1, 0.15) is 54.9 Å². The van der Waals surface area contributed by atoms with Crippen molar-refractivity contribution in [2.24, 2.45) is 23.1 Å². The lowest BCUT2D eigenvalue weighted by Gasteiger charge is -2.26. The van der Waals surface area contributed by atoms with E-state index in [0.29, 0.717) is 12.0 Å². The molecule has 0 radical (unpaired) electrons. The van der Waals surface area contributed by atoms with Gasteiger partial charge in [-0.15, -0.1) is 0 Å². The van der Waals surface area contributed by atoms with Gasteiger partial charge >= 0.3 is 17.9 Å². The van der Waals surface area contributed by atoms with Crippen molar-refractivity contribution in [3.05, 3.63) is 35.9 Å². The van der Waals surface area contributed by atoms with Crippen molar-refractivity contribution < 1.29 is 92.0 Å².